The third-order valence-electron chi connectivity index (χ3n) is 4.32. The molecule has 0 spiro atoms. The van der Waals surface area contributed by atoms with Crippen LogP contribution in [0.5, 0.6) is 0 Å². The number of carbonyl (C=O) groups is 1. The van der Waals surface area contributed by atoms with Crippen molar-refractivity contribution < 1.29 is 4.79 Å². The van der Waals surface area contributed by atoms with Gasteiger partial charge in [-0.2, -0.15) is 0 Å². The number of hydrogen-bond donors (Lipinski definition) is 1. The van der Waals surface area contributed by atoms with E-state index in [1.54, 1.807) is 0 Å². The Bertz CT molecular complexity index is 862. The molecule has 0 atom stereocenters. The van der Waals surface area contributed by atoms with Gasteiger partial charge < -0.3 is 9.88 Å². The lowest BCUT2D eigenvalue weighted by Crippen LogP contribution is -2.30. The van der Waals surface area contributed by atoms with E-state index >= 15 is 0 Å². The van der Waals surface area contributed by atoms with Gasteiger partial charge in [-0.15, -0.1) is 0 Å². The van der Waals surface area contributed by atoms with Crippen molar-refractivity contribution in [1.82, 2.24) is 19.9 Å². The third-order valence-corrected chi connectivity index (χ3v) is 4.32. The molecule has 0 aliphatic heterocycles. The average molecular weight is 355 g/mol. The van der Waals surface area contributed by atoms with Crippen molar-refractivity contribution >= 4 is 11.6 Å². The fourth-order valence-electron chi connectivity index (χ4n) is 3.29. The fraction of sp³-hybridized carbons (Fsp3) is 0.526. The number of aromatic nitrogens is 4. The Hall–Kier alpha value is -2.57. The first kappa shape index (κ1) is 18.2. The Kier molecular flexibility index (Phi) is 4.89. The maximum atomic E-state index is 12.4. The van der Waals surface area contributed by atoms with E-state index in [9.17, 15) is 9.59 Å². The molecule has 0 saturated carbocycles. The lowest BCUT2D eigenvalue weighted by molar-refractivity contribution is -0.119. The van der Waals surface area contributed by atoms with Crippen LogP contribution >= 0.6 is 0 Å². The van der Waals surface area contributed by atoms with Gasteiger partial charge in [0.15, 0.2) is 11.6 Å². The van der Waals surface area contributed by atoms with Crippen LogP contribution < -0.4 is 10.5 Å². The van der Waals surface area contributed by atoms with Crippen LogP contribution in [0.3, 0.4) is 0 Å². The maximum Gasteiger partial charge on any atom is 0.266 e. The summed E-state index contributed by atoms with van der Waals surface area (Å²) < 4.78 is 0. The molecule has 0 bridgehead atoms. The second-order valence-corrected chi connectivity index (χ2v) is 8.08. The first-order chi connectivity index (χ1) is 12.2. The maximum absolute atomic E-state index is 12.4. The van der Waals surface area contributed by atoms with Crippen LogP contribution in [0, 0.1) is 5.41 Å². The number of Topliss-reactive ketones (excluding diaryl/α,β-unsaturated/α-hetero) is 1. The molecule has 1 aliphatic rings. The van der Waals surface area contributed by atoms with Gasteiger partial charge in [-0.3, -0.25) is 9.59 Å². The molecule has 0 fully saturated rings. The molecule has 1 aliphatic carbocycles. The number of ketones is 1. The summed E-state index contributed by atoms with van der Waals surface area (Å²) >= 11 is 0. The minimum Gasteiger partial charge on any atom is -0.352 e. The SMILES string of the molecule is CN(CC(=O)CC(C)(C)C)c1nc(-c2c[nH]c(=O)cn2)nc2c1CCC2. The van der Waals surface area contributed by atoms with Crippen LogP contribution in [0.4, 0.5) is 5.82 Å². The highest BCUT2D eigenvalue weighted by molar-refractivity contribution is 5.84. The summed E-state index contributed by atoms with van der Waals surface area (Å²) in [6, 6.07) is 0. The van der Waals surface area contributed by atoms with E-state index in [0.717, 1.165) is 36.3 Å². The number of aryl methyl sites for hydroxylation is 1. The van der Waals surface area contributed by atoms with E-state index in [0.29, 0.717) is 24.5 Å². The van der Waals surface area contributed by atoms with Crippen molar-refractivity contribution in [3.8, 4) is 11.5 Å². The van der Waals surface area contributed by atoms with E-state index in [4.69, 9.17) is 0 Å². The predicted molar refractivity (Wildman–Crippen MR) is 100 cm³/mol. The zero-order valence-corrected chi connectivity index (χ0v) is 15.8. The molecular weight excluding hydrogens is 330 g/mol. The summed E-state index contributed by atoms with van der Waals surface area (Å²) in [7, 11) is 1.89. The Morgan fingerprint density at radius 3 is 2.69 bits per heavy atom. The Balaban J connectivity index is 1.92. The highest BCUT2D eigenvalue weighted by Gasteiger charge is 2.24. The highest BCUT2D eigenvalue weighted by atomic mass is 16.1. The number of fused-ring (bicyclic) bond motifs is 1. The molecule has 0 unspecified atom stereocenters. The largest absolute Gasteiger partial charge is 0.352 e. The summed E-state index contributed by atoms with van der Waals surface area (Å²) in [5.41, 5.74) is 2.35. The van der Waals surface area contributed by atoms with Crippen molar-refractivity contribution in [2.75, 3.05) is 18.5 Å². The van der Waals surface area contributed by atoms with Gasteiger partial charge in [0.25, 0.3) is 5.56 Å². The van der Waals surface area contributed by atoms with Crippen molar-refractivity contribution in [3.05, 3.63) is 34.0 Å². The lowest BCUT2D eigenvalue weighted by atomic mass is 9.90. The van der Waals surface area contributed by atoms with Crippen LogP contribution in [-0.2, 0) is 17.6 Å². The Morgan fingerprint density at radius 1 is 1.27 bits per heavy atom. The van der Waals surface area contributed by atoms with Gasteiger partial charge in [-0.05, 0) is 24.7 Å². The molecule has 7 heteroatoms. The van der Waals surface area contributed by atoms with E-state index in [1.165, 1.54) is 12.4 Å². The van der Waals surface area contributed by atoms with E-state index < -0.39 is 0 Å². The lowest BCUT2D eigenvalue weighted by Gasteiger charge is -2.23. The quantitative estimate of drug-likeness (QED) is 0.884. The van der Waals surface area contributed by atoms with Crippen molar-refractivity contribution in [1.29, 1.82) is 0 Å². The molecule has 26 heavy (non-hydrogen) atoms. The summed E-state index contributed by atoms with van der Waals surface area (Å²) in [6.45, 7) is 6.51. The van der Waals surface area contributed by atoms with Crippen LogP contribution in [-0.4, -0.2) is 39.3 Å². The van der Waals surface area contributed by atoms with E-state index in [1.807, 2.05) is 11.9 Å². The first-order valence-corrected chi connectivity index (χ1v) is 8.91. The predicted octanol–water partition coefficient (Wildman–Crippen LogP) is 2.16. The molecule has 3 rings (SSSR count). The number of rotatable bonds is 5. The summed E-state index contributed by atoms with van der Waals surface area (Å²) in [4.78, 5) is 41.6. The summed E-state index contributed by atoms with van der Waals surface area (Å²) in [5, 5.41) is 0. The topological polar surface area (TPSA) is 91.8 Å². The van der Waals surface area contributed by atoms with Gasteiger partial charge in [0.2, 0.25) is 0 Å². The van der Waals surface area contributed by atoms with E-state index in [2.05, 4.69) is 40.7 Å². The fourth-order valence-corrected chi connectivity index (χ4v) is 3.29. The number of hydrogen-bond acceptors (Lipinski definition) is 6. The molecule has 2 heterocycles. The molecule has 138 valence electrons. The molecule has 2 aromatic rings. The number of aromatic amines is 1. The Morgan fingerprint density at radius 2 is 2.04 bits per heavy atom. The Labute approximate surface area is 152 Å². The smallest absolute Gasteiger partial charge is 0.266 e. The van der Waals surface area contributed by atoms with Crippen LogP contribution in [0.15, 0.2) is 17.2 Å². The second kappa shape index (κ2) is 6.97. The second-order valence-electron chi connectivity index (χ2n) is 8.08. The normalized spacial score (nSPS) is 13.5. The number of nitrogens with one attached hydrogen (secondary N) is 1. The minimum absolute atomic E-state index is 0.0312. The van der Waals surface area contributed by atoms with Crippen molar-refractivity contribution in [3.63, 3.8) is 0 Å². The number of anilines is 1. The summed E-state index contributed by atoms with van der Waals surface area (Å²) in [5.74, 6) is 1.46. The summed E-state index contributed by atoms with van der Waals surface area (Å²) in [6.07, 6.45) is 6.12. The van der Waals surface area contributed by atoms with Gasteiger partial charge in [-0.1, -0.05) is 20.8 Å². The first-order valence-electron chi connectivity index (χ1n) is 8.91. The van der Waals surface area contributed by atoms with Crippen LogP contribution in [0.25, 0.3) is 11.5 Å². The molecule has 1 N–H and O–H groups in total. The van der Waals surface area contributed by atoms with Crippen LogP contribution in [0.2, 0.25) is 0 Å². The molecule has 0 radical (unpaired) electrons. The van der Waals surface area contributed by atoms with Gasteiger partial charge >= 0.3 is 0 Å². The van der Waals surface area contributed by atoms with Crippen molar-refractivity contribution in [2.45, 2.75) is 46.5 Å². The number of likely N-dealkylation sites (N-methyl/N-ethyl adjacent to an activating group) is 1. The number of nitrogens with zero attached hydrogens (tertiary/aromatic N) is 4. The minimum atomic E-state index is -0.264. The van der Waals surface area contributed by atoms with Gasteiger partial charge in [0, 0.05) is 30.9 Å². The standard InChI is InChI=1S/C19H25N5O2/c1-19(2,3)8-12(25)11-24(4)18-13-6-5-7-14(13)22-17(23-18)15-9-21-16(26)10-20-15/h9-10H,5-8,11H2,1-4H3,(H,21,26). The van der Waals surface area contributed by atoms with Crippen LogP contribution in [0.1, 0.15) is 44.9 Å². The zero-order valence-electron chi connectivity index (χ0n) is 15.8. The average Bonchev–Trinajstić information content (AvgIpc) is 3.01. The monoisotopic (exact) mass is 355 g/mol. The number of H-pyrrole nitrogens is 1. The molecule has 0 amide bonds. The molecule has 7 nitrogen and oxygen atoms in total. The molecule has 2 aromatic heterocycles. The zero-order chi connectivity index (χ0) is 18.9. The van der Waals surface area contributed by atoms with Gasteiger partial charge in [-0.25, -0.2) is 15.0 Å². The van der Waals surface area contributed by atoms with Gasteiger partial charge in [0.1, 0.15) is 11.5 Å². The molecule has 0 saturated heterocycles. The molecule has 0 aromatic carbocycles. The third kappa shape index (κ3) is 4.15. The van der Waals surface area contributed by atoms with E-state index in [-0.39, 0.29) is 16.8 Å². The number of carbonyl (C=O) groups excluding carboxylic acids is 1. The highest BCUT2D eigenvalue weighted by Crippen LogP contribution is 2.30. The molecular formula is C19H25N5O2. The van der Waals surface area contributed by atoms with Gasteiger partial charge in [0.05, 0.1) is 12.7 Å². The van der Waals surface area contributed by atoms with Crippen molar-refractivity contribution in [2.24, 2.45) is 5.41 Å².